The predicted molar refractivity (Wildman–Crippen MR) is 42.1 cm³/mol. The monoisotopic (exact) mass is 140 g/mol. The van der Waals surface area contributed by atoms with Crippen LogP contribution in [0.15, 0.2) is 0 Å². The van der Waals surface area contributed by atoms with Crippen molar-refractivity contribution in [1.82, 2.24) is 9.80 Å². The van der Waals surface area contributed by atoms with Crippen LogP contribution in [0, 0.1) is 0 Å². The van der Waals surface area contributed by atoms with Crippen LogP contribution in [-0.4, -0.2) is 49.1 Å². The van der Waals surface area contributed by atoms with Gasteiger partial charge in [-0.3, -0.25) is 0 Å². The number of likely N-dealkylation sites (N-methyl/N-ethyl adjacent to an activating group) is 2. The number of fused-ring (bicyclic) bond motifs is 1. The summed E-state index contributed by atoms with van der Waals surface area (Å²) in [5.74, 6) is 0. The van der Waals surface area contributed by atoms with E-state index in [4.69, 9.17) is 0 Å². The molecule has 58 valence electrons. The number of rotatable bonds is 0. The standard InChI is InChI=1S/C8H16N2/c1-9-5-6-10(2)8-4-3-7(8)9/h7-8H,3-6H2,1-2H3. The van der Waals surface area contributed by atoms with Crippen molar-refractivity contribution in [3.63, 3.8) is 0 Å². The summed E-state index contributed by atoms with van der Waals surface area (Å²) in [6.45, 7) is 2.52. The van der Waals surface area contributed by atoms with E-state index in [2.05, 4.69) is 23.9 Å². The summed E-state index contributed by atoms with van der Waals surface area (Å²) < 4.78 is 0. The van der Waals surface area contributed by atoms with Gasteiger partial charge in [0.1, 0.15) is 0 Å². The lowest BCUT2D eigenvalue weighted by atomic mass is 9.82. The van der Waals surface area contributed by atoms with Gasteiger partial charge in [0.2, 0.25) is 0 Å². The van der Waals surface area contributed by atoms with E-state index in [-0.39, 0.29) is 0 Å². The zero-order chi connectivity index (χ0) is 7.14. The molecule has 0 aromatic heterocycles. The molecule has 10 heavy (non-hydrogen) atoms. The predicted octanol–water partition coefficient (Wildman–Crippen LogP) is 0.395. The molecule has 2 atom stereocenters. The molecule has 2 heteroatoms. The first-order valence-electron chi connectivity index (χ1n) is 4.19. The Kier molecular flexibility index (Phi) is 1.46. The van der Waals surface area contributed by atoms with E-state index < -0.39 is 0 Å². The number of hydrogen-bond donors (Lipinski definition) is 0. The first-order valence-corrected chi connectivity index (χ1v) is 4.19. The first kappa shape index (κ1) is 6.62. The summed E-state index contributed by atoms with van der Waals surface area (Å²) in [4.78, 5) is 5.02. The lowest BCUT2D eigenvalue weighted by molar-refractivity contribution is -0.0109. The molecule has 0 amide bonds. The van der Waals surface area contributed by atoms with Crippen molar-refractivity contribution >= 4 is 0 Å². The second-order valence-electron chi connectivity index (χ2n) is 3.67. The molecule has 1 saturated carbocycles. The van der Waals surface area contributed by atoms with Gasteiger partial charge in [-0.2, -0.15) is 0 Å². The Bertz CT molecular complexity index is 119. The fraction of sp³-hybridized carbons (Fsp3) is 1.00. The third kappa shape index (κ3) is 0.789. The van der Waals surface area contributed by atoms with Gasteiger partial charge in [-0.1, -0.05) is 0 Å². The molecule has 0 aromatic carbocycles. The third-order valence-corrected chi connectivity index (χ3v) is 3.14. The second kappa shape index (κ2) is 2.21. The SMILES string of the molecule is CN1CCN(C)C2CCC21. The average Bonchev–Trinajstić information content (AvgIpc) is 1.78. The zero-order valence-electron chi connectivity index (χ0n) is 6.88. The maximum atomic E-state index is 2.51. The van der Waals surface area contributed by atoms with E-state index in [1.54, 1.807) is 0 Å². The van der Waals surface area contributed by atoms with Gasteiger partial charge >= 0.3 is 0 Å². The van der Waals surface area contributed by atoms with Crippen molar-refractivity contribution in [2.24, 2.45) is 0 Å². The van der Waals surface area contributed by atoms with Gasteiger partial charge in [-0.15, -0.1) is 0 Å². The minimum atomic E-state index is 0.888. The molecule has 0 N–H and O–H groups in total. The van der Waals surface area contributed by atoms with Crippen LogP contribution in [-0.2, 0) is 0 Å². The highest BCUT2D eigenvalue weighted by Crippen LogP contribution is 2.31. The van der Waals surface area contributed by atoms with Gasteiger partial charge in [0, 0.05) is 25.2 Å². The Morgan fingerprint density at radius 2 is 1.30 bits per heavy atom. The largest absolute Gasteiger partial charge is 0.301 e. The lowest BCUT2D eigenvalue weighted by Crippen LogP contribution is -2.62. The van der Waals surface area contributed by atoms with Crippen molar-refractivity contribution in [2.75, 3.05) is 27.2 Å². The summed E-state index contributed by atoms with van der Waals surface area (Å²) in [6, 6.07) is 1.78. The molecule has 2 nitrogen and oxygen atoms in total. The van der Waals surface area contributed by atoms with E-state index in [0.29, 0.717) is 0 Å². The molecule has 2 aliphatic rings. The molecule has 1 saturated heterocycles. The molecule has 0 bridgehead atoms. The molecule has 2 rings (SSSR count). The van der Waals surface area contributed by atoms with E-state index in [1.165, 1.54) is 25.9 Å². The highest BCUT2D eigenvalue weighted by Gasteiger charge is 2.39. The maximum Gasteiger partial charge on any atom is 0.0249 e. The van der Waals surface area contributed by atoms with E-state index >= 15 is 0 Å². The molecule has 1 aliphatic carbocycles. The minimum Gasteiger partial charge on any atom is -0.301 e. The molecule has 1 heterocycles. The Morgan fingerprint density at radius 1 is 0.900 bits per heavy atom. The van der Waals surface area contributed by atoms with Crippen molar-refractivity contribution in [3.8, 4) is 0 Å². The fourth-order valence-corrected chi connectivity index (χ4v) is 2.14. The number of hydrogen-bond acceptors (Lipinski definition) is 2. The van der Waals surface area contributed by atoms with E-state index in [9.17, 15) is 0 Å². The van der Waals surface area contributed by atoms with Crippen LogP contribution < -0.4 is 0 Å². The smallest absolute Gasteiger partial charge is 0.0249 e. The van der Waals surface area contributed by atoms with Crippen LogP contribution in [0.5, 0.6) is 0 Å². The minimum absolute atomic E-state index is 0.888. The van der Waals surface area contributed by atoms with Crippen LogP contribution in [0.1, 0.15) is 12.8 Å². The lowest BCUT2D eigenvalue weighted by Gasteiger charge is -2.51. The molecule has 0 radical (unpaired) electrons. The quantitative estimate of drug-likeness (QED) is 0.480. The number of piperazine rings is 1. The summed E-state index contributed by atoms with van der Waals surface area (Å²) in [7, 11) is 4.51. The maximum absolute atomic E-state index is 2.51. The molecule has 2 fully saturated rings. The van der Waals surface area contributed by atoms with Crippen LogP contribution >= 0.6 is 0 Å². The van der Waals surface area contributed by atoms with E-state index in [0.717, 1.165) is 12.1 Å². The van der Waals surface area contributed by atoms with Gasteiger partial charge in [0.05, 0.1) is 0 Å². The molecule has 2 unspecified atom stereocenters. The van der Waals surface area contributed by atoms with Gasteiger partial charge in [-0.25, -0.2) is 0 Å². The molecular weight excluding hydrogens is 124 g/mol. The molecule has 0 aromatic rings. The van der Waals surface area contributed by atoms with Gasteiger partial charge in [0.15, 0.2) is 0 Å². The van der Waals surface area contributed by atoms with Crippen molar-refractivity contribution in [2.45, 2.75) is 24.9 Å². The topological polar surface area (TPSA) is 6.48 Å². The summed E-state index contributed by atoms with van der Waals surface area (Å²) >= 11 is 0. The van der Waals surface area contributed by atoms with Crippen molar-refractivity contribution in [3.05, 3.63) is 0 Å². The van der Waals surface area contributed by atoms with Crippen LogP contribution in [0.2, 0.25) is 0 Å². The van der Waals surface area contributed by atoms with Crippen molar-refractivity contribution < 1.29 is 0 Å². The summed E-state index contributed by atoms with van der Waals surface area (Å²) in [5, 5.41) is 0. The Morgan fingerprint density at radius 3 is 1.60 bits per heavy atom. The Balaban J connectivity index is 2.02. The third-order valence-electron chi connectivity index (χ3n) is 3.14. The normalized spacial score (nSPS) is 42.6. The second-order valence-corrected chi connectivity index (χ2v) is 3.67. The van der Waals surface area contributed by atoms with Crippen LogP contribution in [0.25, 0.3) is 0 Å². The Hall–Kier alpha value is -0.0800. The first-order chi connectivity index (χ1) is 4.79. The van der Waals surface area contributed by atoms with Gasteiger partial charge in [0.25, 0.3) is 0 Å². The highest BCUT2D eigenvalue weighted by atomic mass is 15.3. The molecule has 0 spiro atoms. The molecular formula is C8H16N2. The Labute approximate surface area is 62.8 Å². The summed E-state index contributed by atoms with van der Waals surface area (Å²) in [6.07, 6.45) is 2.84. The molecule has 1 aliphatic heterocycles. The summed E-state index contributed by atoms with van der Waals surface area (Å²) in [5.41, 5.74) is 0. The van der Waals surface area contributed by atoms with Crippen LogP contribution in [0.4, 0.5) is 0 Å². The highest BCUT2D eigenvalue weighted by molar-refractivity contribution is 4.97. The zero-order valence-corrected chi connectivity index (χ0v) is 6.88. The number of nitrogens with zero attached hydrogens (tertiary/aromatic N) is 2. The fourth-order valence-electron chi connectivity index (χ4n) is 2.14. The van der Waals surface area contributed by atoms with E-state index in [1.807, 2.05) is 0 Å². The average molecular weight is 140 g/mol. The van der Waals surface area contributed by atoms with Gasteiger partial charge < -0.3 is 9.80 Å². The van der Waals surface area contributed by atoms with Crippen LogP contribution in [0.3, 0.4) is 0 Å². The van der Waals surface area contributed by atoms with Crippen molar-refractivity contribution in [1.29, 1.82) is 0 Å². The van der Waals surface area contributed by atoms with Gasteiger partial charge in [-0.05, 0) is 26.9 Å².